The topological polar surface area (TPSA) is 55.8 Å². The van der Waals surface area contributed by atoms with Crippen LogP contribution in [-0.2, 0) is 4.79 Å². The minimum atomic E-state index is -1.04. The Kier molecular flexibility index (Phi) is 4.57. The van der Waals surface area contributed by atoms with Crippen LogP contribution in [0.5, 0.6) is 11.5 Å². The fourth-order valence-electron chi connectivity index (χ4n) is 1.36. The summed E-state index contributed by atoms with van der Waals surface area (Å²) in [6.45, 7) is 8.25. The molecule has 0 heterocycles. The van der Waals surface area contributed by atoms with Crippen LogP contribution in [-0.4, -0.2) is 24.3 Å². The van der Waals surface area contributed by atoms with Crippen LogP contribution in [0.25, 0.3) is 5.57 Å². The van der Waals surface area contributed by atoms with E-state index in [-0.39, 0.29) is 5.57 Å². The van der Waals surface area contributed by atoms with Crippen molar-refractivity contribution in [1.82, 2.24) is 0 Å². The highest BCUT2D eigenvalue weighted by Gasteiger charge is 2.11. The van der Waals surface area contributed by atoms with Gasteiger partial charge in [0, 0.05) is 0 Å². The molecule has 0 aliphatic heterocycles. The van der Waals surface area contributed by atoms with Gasteiger partial charge in [0.05, 0.1) is 18.8 Å². The molecule has 1 N–H and O–H groups in total. The molecule has 0 radical (unpaired) electrons. The largest absolute Gasteiger partial charge is 0.490 e. The van der Waals surface area contributed by atoms with Crippen LogP contribution in [0.3, 0.4) is 0 Å². The molecule has 0 saturated carbocycles. The van der Waals surface area contributed by atoms with Gasteiger partial charge in [-0.1, -0.05) is 12.6 Å². The highest BCUT2D eigenvalue weighted by Crippen LogP contribution is 2.30. The fourth-order valence-corrected chi connectivity index (χ4v) is 1.36. The van der Waals surface area contributed by atoms with Gasteiger partial charge in [-0.05, 0) is 31.5 Å². The number of rotatable bonds is 6. The zero-order valence-corrected chi connectivity index (χ0v) is 10.0. The molecule has 4 heteroatoms. The van der Waals surface area contributed by atoms with Crippen molar-refractivity contribution in [1.29, 1.82) is 0 Å². The molecule has 0 saturated heterocycles. The normalized spacial score (nSPS) is 9.76. The first-order chi connectivity index (χ1) is 8.10. The molecule has 0 bridgehead atoms. The smallest absolute Gasteiger partial charge is 0.335 e. The summed E-state index contributed by atoms with van der Waals surface area (Å²) in [6.07, 6.45) is 0. The second-order valence-corrected chi connectivity index (χ2v) is 3.31. The first kappa shape index (κ1) is 13.1. The first-order valence-electron chi connectivity index (χ1n) is 5.42. The van der Waals surface area contributed by atoms with Crippen LogP contribution in [0.15, 0.2) is 24.8 Å². The Bertz CT molecular complexity index is 423. The van der Waals surface area contributed by atoms with E-state index in [0.717, 1.165) is 0 Å². The zero-order valence-electron chi connectivity index (χ0n) is 10.0. The predicted molar refractivity (Wildman–Crippen MR) is 65.4 cm³/mol. The maximum absolute atomic E-state index is 10.8. The third-order valence-corrected chi connectivity index (χ3v) is 2.15. The third kappa shape index (κ3) is 3.24. The molecule has 0 spiro atoms. The van der Waals surface area contributed by atoms with Gasteiger partial charge in [0.25, 0.3) is 0 Å². The van der Waals surface area contributed by atoms with Crippen LogP contribution in [0.4, 0.5) is 0 Å². The summed E-state index contributed by atoms with van der Waals surface area (Å²) in [5.74, 6) is 0.0992. The van der Waals surface area contributed by atoms with Crippen molar-refractivity contribution in [2.24, 2.45) is 0 Å². The van der Waals surface area contributed by atoms with Crippen molar-refractivity contribution < 1.29 is 19.4 Å². The van der Waals surface area contributed by atoms with Gasteiger partial charge in [-0.15, -0.1) is 0 Å². The molecule has 0 aliphatic rings. The van der Waals surface area contributed by atoms with Crippen molar-refractivity contribution in [3.05, 3.63) is 30.3 Å². The molecule has 0 aliphatic carbocycles. The Morgan fingerprint density at radius 2 is 1.82 bits per heavy atom. The summed E-state index contributed by atoms with van der Waals surface area (Å²) in [5, 5.41) is 8.86. The Labute approximate surface area is 100 Å². The quantitative estimate of drug-likeness (QED) is 0.771. The lowest BCUT2D eigenvalue weighted by molar-refractivity contribution is -0.130. The Balaban J connectivity index is 3.08. The van der Waals surface area contributed by atoms with Crippen molar-refractivity contribution in [3.8, 4) is 11.5 Å². The van der Waals surface area contributed by atoms with Gasteiger partial charge in [0.1, 0.15) is 0 Å². The monoisotopic (exact) mass is 236 g/mol. The first-order valence-corrected chi connectivity index (χ1v) is 5.42. The Morgan fingerprint density at radius 3 is 2.35 bits per heavy atom. The van der Waals surface area contributed by atoms with E-state index in [1.807, 2.05) is 13.8 Å². The van der Waals surface area contributed by atoms with Crippen LogP contribution in [0, 0.1) is 0 Å². The number of aliphatic carboxylic acids is 1. The lowest BCUT2D eigenvalue weighted by Gasteiger charge is -2.12. The van der Waals surface area contributed by atoms with Crippen LogP contribution in [0.2, 0.25) is 0 Å². The van der Waals surface area contributed by atoms with Crippen LogP contribution < -0.4 is 9.47 Å². The molecule has 17 heavy (non-hydrogen) atoms. The van der Waals surface area contributed by atoms with Gasteiger partial charge >= 0.3 is 5.97 Å². The zero-order chi connectivity index (χ0) is 12.8. The number of ether oxygens (including phenoxy) is 2. The standard InChI is InChI=1S/C13H16O4/c1-4-16-11-7-6-10(9(3)13(14)15)8-12(11)17-5-2/h6-8H,3-5H2,1-2H3,(H,14,15). The molecular weight excluding hydrogens is 220 g/mol. The lowest BCUT2D eigenvalue weighted by atomic mass is 10.1. The third-order valence-electron chi connectivity index (χ3n) is 2.15. The maximum Gasteiger partial charge on any atom is 0.335 e. The second-order valence-electron chi connectivity index (χ2n) is 3.31. The van der Waals surface area contributed by atoms with Gasteiger partial charge in [-0.3, -0.25) is 0 Å². The summed E-state index contributed by atoms with van der Waals surface area (Å²) in [6, 6.07) is 4.98. The van der Waals surface area contributed by atoms with E-state index in [2.05, 4.69) is 6.58 Å². The van der Waals surface area contributed by atoms with Crippen molar-refractivity contribution in [3.63, 3.8) is 0 Å². The van der Waals surface area contributed by atoms with Gasteiger partial charge in [-0.2, -0.15) is 0 Å². The lowest BCUT2D eigenvalue weighted by Crippen LogP contribution is -2.01. The van der Waals surface area contributed by atoms with E-state index in [1.54, 1.807) is 18.2 Å². The average Bonchev–Trinajstić information content (AvgIpc) is 2.31. The molecule has 1 rings (SSSR count). The van der Waals surface area contributed by atoms with E-state index in [9.17, 15) is 4.79 Å². The number of hydrogen-bond acceptors (Lipinski definition) is 3. The Morgan fingerprint density at radius 1 is 1.24 bits per heavy atom. The van der Waals surface area contributed by atoms with E-state index < -0.39 is 5.97 Å². The van der Waals surface area contributed by atoms with Gasteiger partial charge in [0.15, 0.2) is 11.5 Å². The van der Waals surface area contributed by atoms with Gasteiger partial charge in [0.2, 0.25) is 0 Å². The number of benzene rings is 1. The molecule has 4 nitrogen and oxygen atoms in total. The minimum absolute atomic E-state index is 0.0361. The van der Waals surface area contributed by atoms with Crippen molar-refractivity contribution >= 4 is 11.5 Å². The summed E-state index contributed by atoms with van der Waals surface area (Å²) < 4.78 is 10.8. The number of carboxylic acid groups (broad SMARTS) is 1. The number of hydrogen-bond donors (Lipinski definition) is 1. The fraction of sp³-hybridized carbons (Fsp3) is 0.308. The highest BCUT2D eigenvalue weighted by molar-refractivity contribution is 6.14. The number of carboxylic acids is 1. The van der Waals surface area contributed by atoms with E-state index in [1.165, 1.54) is 0 Å². The highest BCUT2D eigenvalue weighted by atomic mass is 16.5. The van der Waals surface area contributed by atoms with Crippen LogP contribution in [0.1, 0.15) is 19.4 Å². The summed E-state index contributed by atoms with van der Waals surface area (Å²) in [4.78, 5) is 10.8. The summed E-state index contributed by atoms with van der Waals surface area (Å²) in [7, 11) is 0. The van der Waals surface area contributed by atoms with Crippen molar-refractivity contribution in [2.75, 3.05) is 13.2 Å². The average molecular weight is 236 g/mol. The van der Waals surface area contributed by atoms with Gasteiger partial charge < -0.3 is 14.6 Å². The van der Waals surface area contributed by atoms with E-state index in [4.69, 9.17) is 14.6 Å². The van der Waals surface area contributed by atoms with Gasteiger partial charge in [-0.25, -0.2) is 4.79 Å². The van der Waals surface area contributed by atoms with E-state index >= 15 is 0 Å². The molecule has 1 aromatic rings. The predicted octanol–water partition coefficient (Wildman–Crippen LogP) is 2.58. The molecular formula is C13H16O4. The number of carbonyl (C=O) groups is 1. The van der Waals surface area contributed by atoms with Crippen molar-refractivity contribution in [2.45, 2.75) is 13.8 Å². The summed E-state index contributed by atoms with van der Waals surface area (Å²) >= 11 is 0. The Hall–Kier alpha value is -1.97. The molecule has 1 aromatic carbocycles. The summed E-state index contributed by atoms with van der Waals surface area (Å²) in [5.41, 5.74) is 0.554. The molecule has 92 valence electrons. The SMILES string of the molecule is C=C(C(=O)O)c1ccc(OCC)c(OCC)c1. The molecule has 0 fully saturated rings. The maximum atomic E-state index is 10.8. The second kappa shape index (κ2) is 5.94. The molecule has 0 atom stereocenters. The van der Waals surface area contributed by atoms with E-state index in [0.29, 0.717) is 30.3 Å². The minimum Gasteiger partial charge on any atom is -0.490 e. The molecule has 0 amide bonds. The molecule has 0 unspecified atom stereocenters. The molecule has 0 aromatic heterocycles. The van der Waals surface area contributed by atoms with Crippen LogP contribution >= 0.6 is 0 Å².